The van der Waals surface area contributed by atoms with Crippen molar-refractivity contribution < 1.29 is 37.8 Å². The minimum Gasteiger partial charge on any atom is -0.495 e. The third kappa shape index (κ3) is 9.37. The lowest BCUT2D eigenvalue weighted by Gasteiger charge is -2.43. The second-order valence-corrected chi connectivity index (χ2v) is 18.3. The first kappa shape index (κ1) is 45.2. The maximum atomic E-state index is 15.4. The van der Waals surface area contributed by atoms with Crippen molar-refractivity contribution in [3.8, 4) is 5.75 Å². The van der Waals surface area contributed by atoms with E-state index in [9.17, 15) is 24.3 Å². The Bertz CT molecular complexity index is 2220. The van der Waals surface area contributed by atoms with Gasteiger partial charge in [-0.2, -0.15) is 4.98 Å². The molecule has 0 spiro atoms. The number of benzene rings is 2. The Balaban J connectivity index is 0.905. The number of likely N-dealkylation sites (tertiary alicyclic amines) is 1. The molecule has 0 bridgehead atoms. The molecule has 5 aliphatic rings. The zero-order valence-corrected chi connectivity index (χ0v) is 37.1. The highest BCUT2D eigenvalue weighted by atomic mass is 19.1. The van der Waals surface area contributed by atoms with Crippen molar-refractivity contribution in [2.45, 2.75) is 114 Å². The first-order valence-corrected chi connectivity index (χ1v) is 23.0. The van der Waals surface area contributed by atoms with Gasteiger partial charge in [-0.25, -0.2) is 13.8 Å². The normalized spacial score (nSPS) is 24.6. The Morgan fingerprint density at radius 2 is 1.78 bits per heavy atom. The van der Waals surface area contributed by atoms with E-state index < -0.39 is 34.9 Å². The van der Waals surface area contributed by atoms with Crippen LogP contribution >= 0.6 is 0 Å². The van der Waals surface area contributed by atoms with Gasteiger partial charge < -0.3 is 40.1 Å². The van der Waals surface area contributed by atoms with Crippen LogP contribution in [0.2, 0.25) is 0 Å². The summed E-state index contributed by atoms with van der Waals surface area (Å²) in [5.41, 5.74) is 1.18. The van der Waals surface area contributed by atoms with Crippen LogP contribution in [0.5, 0.6) is 5.75 Å². The third-order valence-electron chi connectivity index (χ3n) is 14.2. The molecule has 5 heterocycles. The maximum Gasteiger partial charge on any atom is 0.251 e. The van der Waals surface area contributed by atoms with Crippen LogP contribution in [0.25, 0.3) is 0 Å². The Kier molecular flexibility index (Phi) is 13.7. The topological polar surface area (TPSA) is 173 Å². The minimum atomic E-state index is -1.04. The highest BCUT2D eigenvalue weighted by molar-refractivity contribution is 6.04. The van der Waals surface area contributed by atoms with E-state index in [-0.39, 0.29) is 54.8 Å². The molecule has 1 saturated carbocycles. The molecule has 3 aromatic rings. The summed E-state index contributed by atoms with van der Waals surface area (Å²) in [5, 5.41) is 19.0. The number of halogens is 2. The number of piperidine rings is 2. The number of imide groups is 1. The number of amides is 4. The molecule has 4 aliphatic heterocycles. The predicted octanol–water partition coefficient (Wildman–Crippen LogP) is 5.78. The Morgan fingerprint density at radius 1 is 1.00 bits per heavy atom. The van der Waals surface area contributed by atoms with Crippen molar-refractivity contribution in [2.75, 3.05) is 73.5 Å². The molecule has 1 aliphatic carbocycles. The van der Waals surface area contributed by atoms with Gasteiger partial charge in [-0.15, -0.1) is 0 Å². The molecule has 17 heteroatoms. The summed E-state index contributed by atoms with van der Waals surface area (Å²) >= 11 is 0. The minimum absolute atomic E-state index is 0.0356. The molecule has 64 heavy (non-hydrogen) atoms. The molecular formula is C47H61F2N9O6. The van der Waals surface area contributed by atoms with Gasteiger partial charge >= 0.3 is 0 Å². The zero-order valence-electron chi connectivity index (χ0n) is 37.1. The summed E-state index contributed by atoms with van der Waals surface area (Å²) in [7, 11) is 3.31. The molecule has 8 rings (SSSR count). The number of ether oxygens (including phenoxy) is 1. The van der Waals surface area contributed by atoms with Gasteiger partial charge in [-0.1, -0.05) is 19.8 Å². The number of carbonyl (C=O) groups is 4. The van der Waals surface area contributed by atoms with Gasteiger partial charge in [0, 0.05) is 74.6 Å². The average molecular weight is 886 g/mol. The van der Waals surface area contributed by atoms with Crippen LogP contribution in [0.3, 0.4) is 0 Å². The van der Waals surface area contributed by atoms with E-state index >= 15 is 8.78 Å². The molecule has 0 radical (unpaired) electrons. The highest BCUT2D eigenvalue weighted by Crippen LogP contribution is 2.41. The van der Waals surface area contributed by atoms with Gasteiger partial charge in [0.25, 0.3) is 5.91 Å². The van der Waals surface area contributed by atoms with Gasteiger partial charge in [0.1, 0.15) is 29.1 Å². The number of fused-ring (bicyclic) bond motifs is 1. The fourth-order valence-electron chi connectivity index (χ4n) is 10.8. The zero-order chi connectivity index (χ0) is 45.1. The van der Waals surface area contributed by atoms with E-state index in [1.807, 2.05) is 11.8 Å². The van der Waals surface area contributed by atoms with E-state index in [1.165, 1.54) is 12.1 Å². The van der Waals surface area contributed by atoms with Crippen molar-refractivity contribution in [1.82, 2.24) is 25.5 Å². The molecule has 4 amide bonds. The summed E-state index contributed by atoms with van der Waals surface area (Å²) in [6, 6.07) is 7.74. The summed E-state index contributed by atoms with van der Waals surface area (Å²) in [4.78, 5) is 69.1. The maximum absolute atomic E-state index is 15.4. The van der Waals surface area contributed by atoms with Crippen molar-refractivity contribution in [2.24, 2.45) is 5.92 Å². The molecule has 4 fully saturated rings. The van der Waals surface area contributed by atoms with Gasteiger partial charge in [0.2, 0.25) is 23.7 Å². The largest absolute Gasteiger partial charge is 0.495 e. The van der Waals surface area contributed by atoms with Crippen LogP contribution in [0.15, 0.2) is 36.5 Å². The van der Waals surface area contributed by atoms with E-state index in [4.69, 9.17) is 9.72 Å². The number of aliphatic hydroxyl groups excluding tert-OH is 1. The molecule has 344 valence electrons. The number of aromatic nitrogens is 2. The highest BCUT2D eigenvalue weighted by Gasteiger charge is 2.42. The van der Waals surface area contributed by atoms with Crippen molar-refractivity contribution in [3.63, 3.8) is 0 Å². The molecule has 2 aromatic carbocycles. The lowest BCUT2D eigenvalue weighted by atomic mass is 9.86. The smallest absolute Gasteiger partial charge is 0.251 e. The Hall–Kier alpha value is -5.42. The molecule has 15 nitrogen and oxygen atoms in total. The lowest BCUT2D eigenvalue weighted by Crippen LogP contribution is -2.55. The number of carbonyl (C=O) groups excluding carboxylic acids is 4. The van der Waals surface area contributed by atoms with Crippen molar-refractivity contribution in [1.29, 1.82) is 0 Å². The standard InChI is InChI=1S/C47H61F2N9O6/c1-4-37-45(63)55(2)38-26-50-46(53-42(38)58(37)31-10-5-6-11-31)51-36-14-12-30(23-39(36)64-3)43(61)54-47(18-22-59)16-8-19-56(21-17-47)27-29-9-7-20-57(28-29)32-24-34(48)41(35(49)25-32)33-13-15-40(60)52-44(33)62/h12,14,23-26,29,31,33,37,59H,4-11,13,15-22,27-28H2,1-3H3,(H,54,61)(H,50,51,53)(H,52,60,62)/t29-,33?,37-,47?/m1/s1. The van der Waals surface area contributed by atoms with Crippen LogP contribution in [0.1, 0.15) is 112 Å². The summed E-state index contributed by atoms with van der Waals surface area (Å²) in [6.07, 6.45) is 11.1. The number of nitrogens with one attached hydrogen (secondary N) is 3. The van der Waals surface area contributed by atoms with E-state index in [0.717, 1.165) is 63.9 Å². The fraction of sp³-hybridized carbons (Fsp3) is 0.574. The van der Waals surface area contributed by atoms with Gasteiger partial charge in [0.05, 0.1) is 24.9 Å². The Morgan fingerprint density at radius 3 is 2.50 bits per heavy atom. The van der Waals surface area contributed by atoms with Crippen LogP contribution in [0, 0.1) is 17.6 Å². The second-order valence-electron chi connectivity index (χ2n) is 18.3. The van der Waals surface area contributed by atoms with Crippen LogP contribution in [0.4, 0.5) is 37.6 Å². The molecular weight excluding hydrogens is 825 g/mol. The van der Waals surface area contributed by atoms with E-state index in [1.54, 1.807) is 43.5 Å². The number of hydrogen-bond donors (Lipinski definition) is 4. The summed E-state index contributed by atoms with van der Waals surface area (Å²) in [6.45, 7) is 5.52. The quantitative estimate of drug-likeness (QED) is 0.153. The first-order chi connectivity index (χ1) is 30.9. The van der Waals surface area contributed by atoms with Crippen molar-refractivity contribution >= 4 is 52.5 Å². The summed E-state index contributed by atoms with van der Waals surface area (Å²) < 4.78 is 36.6. The molecule has 2 unspecified atom stereocenters. The van der Waals surface area contributed by atoms with Gasteiger partial charge in [-0.05, 0) is 107 Å². The number of methoxy groups -OCH3 is 1. The third-order valence-corrected chi connectivity index (χ3v) is 14.2. The average Bonchev–Trinajstić information content (AvgIpc) is 3.75. The SMILES string of the molecule is CC[C@@H]1C(=O)N(C)c2cnc(Nc3ccc(C(=O)NC4(CCO)CCCN(C[C@H]5CCCN(c6cc(F)c(C7CCC(=O)NC7=O)c(F)c6)C5)CC4)cc3OC)nc2N1C1CCCC1. The summed E-state index contributed by atoms with van der Waals surface area (Å²) in [5.74, 6) is -2.19. The van der Waals surface area contributed by atoms with Gasteiger partial charge in [-0.3, -0.25) is 24.5 Å². The fourth-order valence-corrected chi connectivity index (χ4v) is 10.8. The molecule has 3 saturated heterocycles. The lowest BCUT2D eigenvalue weighted by molar-refractivity contribution is -0.134. The molecule has 4 atom stereocenters. The number of hydrogen-bond acceptors (Lipinski definition) is 12. The van der Waals surface area contributed by atoms with E-state index in [0.29, 0.717) is 79.6 Å². The monoisotopic (exact) mass is 885 g/mol. The van der Waals surface area contributed by atoms with Crippen LogP contribution in [-0.4, -0.2) is 115 Å². The Labute approximate surface area is 373 Å². The van der Waals surface area contributed by atoms with Crippen LogP contribution < -0.4 is 35.4 Å². The molecule has 1 aromatic heterocycles. The van der Waals surface area contributed by atoms with Crippen molar-refractivity contribution in [3.05, 3.63) is 59.3 Å². The first-order valence-electron chi connectivity index (χ1n) is 23.0. The van der Waals surface area contributed by atoms with Gasteiger partial charge in [0.15, 0.2) is 5.82 Å². The number of nitrogens with zero attached hydrogens (tertiary/aromatic N) is 6. The number of aliphatic hydroxyl groups is 1. The number of likely N-dealkylation sites (N-methyl/N-ethyl adjacent to an activating group) is 1. The predicted molar refractivity (Wildman–Crippen MR) is 239 cm³/mol. The van der Waals surface area contributed by atoms with Crippen LogP contribution in [-0.2, 0) is 14.4 Å². The number of anilines is 5. The molecule has 4 N–H and O–H groups in total. The number of rotatable bonds is 13. The second kappa shape index (κ2) is 19.4. The van der Waals surface area contributed by atoms with E-state index in [2.05, 4.69) is 30.7 Å².